The molecular formula is C20H23F3N2O2. The number of hydrogen-bond donors (Lipinski definition) is 0. The number of benzene rings is 1. The molecule has 7 heteroatoms. The third-order valence-electron chi connectivity index (χ3n) is 5.15. The quantitative estimate of drug-likeness (QED) is 0.654. The van der Waals surface area contributed by atoms with Crippen LogP contribution in [0.3, 0.4) is 0 Å². The Labute approximate surface area is 156 Å². The number of ether oxygens (including phenoxy) is 1. The van der Waals surface area contributed by atoms with Crippen LogP contribution in [0.4, 0.5) is 13.2 Å². The molecule has 1 aromatic heterocycles. The highest BCUT2D eigenvalue weighted by Crippen LogP contribution is 2.56. The van der Waals surface area contributed by atoms with Gasteiger partial charge >= 0.3 is 12.5 Å². The maximum absolute atomic E-state index is 14.0. The van der Waals surface area contributed by atoms with Gasteiger partial charge in [0.1, 0.15) is 5.82 Å². The Morgan fingerprint density at radius 3 is 2.56 bits per heavy atom. The van der Waals surface area contributed by atoms with Crippen molar-refractivity contribution in [3.05, 3.63) is 40.6 Å². The first kappa shape index (κ1) is 19.5. The van der Waals surface area contributed by atoms with E-state index in [4.69, 9.17) is 4.74 Å². The zero-order chi connectivity index (χ0) is 19.9. The number of imidazole rings is 1. The molecule has 0 amide bonds. The minimum Gasteiger partial charge on any atom is -0.460 e. The summed E-state index contributed by atoms with van der Waals surface area (Å²) < 4.78 is 47.1. The number of carbonyl (C=O) groups is 1. The molecule has 27 heavy (non-hydrogen) atoms. The van der Waals surface area contributed by atoms with Crippen LogP contribution in [-0.4, -0.2) is 22.1 Å². The van der Waals surface area contributed by atoms with Crippen molar-refractivity contribution in [2.45, 2.75) is 58.9 Å². The number of halogens is 3. The molecule has 0 saturated heterocycles. The standard InChI is InChI=1S/C18H17F3N2O2.C2H6/c1-3-25-17(24)16-22-14-12-4-8(2)13(19)7-11(12)9-5-10(6-9)15(14)23(16)18(20)21;1-2/h4,7,9-10,18H,3,5-6H2,1-2H3;1-2H3. The van der Waals surface area contributed by atoms with Crippen molar-refractivity contribution in [3.63, 3.8) is 0 Å². The highest BCUT2D eigenvalue weighted by Gasteiger charge is 2.43. The molecule has 3 aliphatic rings. The van der Waals surface area contributed by atoms with Crippen molar-refractivity contribution in [2.75, 3.05) is 6.61 Å². The molecule has 0 radical (unpaired) electrons. The molecule has 2 aromatic rings. The van der Waals surface area contributed by atoms with Gasteiger partial charge < -0.3 is 4.74 Å². The van der Waals surface area contributed by atoms with Crippen molar-refractivity contribution in [2.24, 2.45) is 0 Å². The van der Waals surface area contributed by atoms with Crippen LogP contribution in [0.5, 0.6) is 0 Å². The van der Waals surface area contributed by atoms with E-state index >= 15 is 0 Å². The van der Waals surface area contributed by atoms with Crippen molar-refractivity contribution in [1.82, 2.24) is 9.55 Å². The molecule has 0 atom stereocenters. The van der Waals surface area contributed by atoms with E-state index in [-0.39, 0.29) is 30.1 Å². The van der Waals surface area contributed by atoms with E-state index in [1.807, 2.05) is 13.8 Å². The summed E-state index contributed by atoms with van der Waals surface area (Å²) in [5.41, 5.74) is 2.56. The third kappa shape index (κ3) is 3.03. The summed E-state index contributed by atoms with van der Waals surface area (Å²) in [5.74, 6) is -1.54. The second kappa shape index (κ2) is 7.37. The molecule has 0 aliphatic heterocycles. The molecule has 0 unspecified atom stereocenters. The van der Waals surface area contributed by atoms with Gasteiger partial charge in [0, 0.05) is 11.5 Å². The van der Waals surface area contributed by atoms with E-state index in [2.05, 4.69) is 4.98 Å². The van der Waals surface area contributed by atoms with Crippen LogP contribution in [0.2, 0.25) is 0 Å². The minimum atomic E-state index is -2.89. The molecule has 2 bridgehead atoms. The van der Waals surface area contributed by atoms with Crippen LogP contribution in [0.25, 0.3) is 11.3 Å². The number of aromatic nitrogens is 2. The zero-order valence-electron chi connectivity index (χ0n) is 15.9. The van der Waals surface area contributed by atoms with Gasteiger partial charge in [0.25, 0.3) is 0 Å². The summed E-state index contributed by atoms with van der Waals surface area (Å²) in [5, 5.41) is 0. The molecule has 1 fully saturated rings. The molecule has 5 rings (SSSR count). The predicted octanol–water partition coefficient (Wildman–Crippen LogP) is 5.57. The number of rotatable bonds is 3. The molecule has 1 saturated carbocycles. The highest BCUT2D eigenvalue weighted by atomic mass is 19.3. The normalized spacial score (nSPS) is 19.3. The third-order valence-corrected chi connectivity index (χ3v) is 5.15. The Morgan fingerprint density at radius 1 is 1.30 bits per heavy atom. The van der Waals surface area contributed by atoms with Gasteiger partial charge in [-0.2, -0.15) is 8.78 Å². The molecule has 1 aromatic carbocycles. The van der Waals surface area contributed by atoms with Gasteiger partial charge in [-0.15, -0.1) is 0 Å². The highest BCUT2D eigenvalue weighted by molar-refractivity contribution is 5.88. The topological polar surface area (TPSA) is 44.1 Å². The Hall–Kier alpha value is -2.31. The first-order valence-electron chi connectivity index (χ1n) is 9.30. The number of alkyl halides is 2. The van der Waals surface area contributed by atoms with Gasteiger partial charge in [-0.1, -0.05) is 13.8 Å². The second-order valence-electron chi connectivity index (χ2n) is 6.59. The van der Waals surface area contributed by atoms with E-state index in [1.54, 1.807) is 19.9 Å². The van der Waals surface area contributed by atoms with Crippen molar-refractivity contribution in [3.8, 4) is 11.3 Å². The summed E-state index contributed by atoms with van der Waals surface area (Å²) in [4.78, 5) is 16.4. The molecule has 3 aliphatic carbocycles. The Kier molecular flexibility index (Phi) is 5.31. The number of carbonyl (C=O) groups excluding carboxylic acids is 1. The summed E-state index contributed by atoms with van der Waals surface area (Å²) in [6.45, 7) is 4.42. The molecule has 0 N–H and O–H groups in total. The number of esters is 1. The van der Waals surface area contributed by atoms with Gasteiger partial charge in [-0.3, -0.25) is 4.57 Å². The summed E-state index contributed by atoms with van der Waals surface area (Å²) in [6, 6.07) is 3.12. The average Bonchev–Trinajstić information content (AvgIpc) is 2.89. The lowest BCUT2D eigenvalue weighted by Crippen LogP contribution is -2.23. The first-order chi connectivity index (χ1) is 12.9. The van der Waals surface area contributed by atoms with Crippen LogP contribution >= 0.6 is 0 Å². The van der Waals surface area contributed by atoms with E-state index in [1.165, 1.54) is 6.07 Å². The molecular weight excluding hydrogens is 357 g/mol. The summed E-state index contributed by atoms with van der Waals surface area (Å²) in [6.07, 6.45) is 1.31. The SMILES string of the molecule is CC.CCOC(=O)c1nc2c(n1C(F)F)C1CC(C1)c1cc(F)c(C)cc1-2. The fourth-order valence-electron chi connectivity index (χ4n) is 3.91. The van der Waals surface area contributed by atoms with Crippen LogP contribution in [0, 0.1) is 12.7 Å². The number of hydrogen-bond acceptors (Lipinski definition) is 3. The lowest BCUT2D eigenvalue weighted by Gasteiger charge is -2.34. The van der Waals surface area contributed by atoms with E-state index < -0.39 is 12.5 Å². The fraction of sp³-hybridized carbons (Fsp3) is 0.500. The predicted molar refractivity (Wildman–Crippen MR) is 95.6 cm³/mol. The van der Waals surface area contributed by atoms with Gasteiger partial charge in [-0.25, -0.2) is 14.2 Å². The van der Waals surface area contributed by atoms with Crippen molar-refractivity contribution in [1.29, 1.82) is 0 Å². The second-order valence-corrected chi connectivity index (χ2v) is 6.59. The van der Waals surface area contributed by atoms with Gasteiger partial charge in [0.15, 0.2) is 0 Å². The lowest BCUT2D eigenvalue weighted by molar-refractivity contribution is 0.0382. The van der Waals surface area contributed by atoms with E-state index in [9.17, 15) is 18.0 Å². The molecule has 0 spiro atoms. The summed E-state index contributed by atoms with van der Waals surface area (Å²) in [7, 11) is 0. The van der Waals surface area contributed by atoms with E-state index in [0.29, 0.717) is 39.9 Å². The molecule has 4 nitrogen and oxygen atoms in total. The maximum atomic E-state index is 14.0. The monoisotopic (exact) mass is 380 g/mol. The Bertz CT molecular complexity index is 871. The minimum absolute atomic E-state index is 0.0754. The van der Waals surface area contributed by atoms with E-state index in [0.717, 1.165) is 5.56 Å². The van der Waals surface area contributed by atoms with Crippen LogP contribution in [0.1, 0.15) is 79.4 Å². The first-order valence-corrected chi connectivity index (χ1v) is 9.30. The number of nitrogens with zero attached hydrogens (tertiary/aromatic N) is 2. The number of aryl methyl sites for hydroxylation is 1. The van der Waals surface area contributed by atoms with Gasteiger partial charge in [0.2, 0.25) is 5.82 Å². The van der Waals surface area contributed by atoms with Gasteiger partial charge in [0.05, 0.1) is 18.0 Å². The van der Waals surface area contributed by atoms with Gasteiger partial charge in [-0.05, 0) is 55.9 Å². The fourth-order valence-corrected chi connectivity index (χ4v) is 3.91. The average molecular weight is 380 g/mol. The lowest BCUT2D eigenvalue weighted by atomic mass is 9.71. The van der Waals surface area contributed by atoms with Crippen LogP contribution < -0.4 is 0 Å². The van der Waals surface area contributed by atoms with Crippen molar-refractivity contribution >= 4 is 5.97 Å². The largest absolute Gasteiger partial charge is 0.460 e. The molecule has 1 heterocycles. The smallest absolute Gasteiger partial charge is 0.374 e. The molecule has 146 valence electrons. The Morgan fingerprint density at radius 2 is 1.96 bits per heavy atom. The summed E-state index contributed by atoms with van der Waals surface area (Å²) >= 11 is 0. The maximum Gasteiger partial charge on any atom is 0.374 e. The van der Waals surface area contributed by atoms with Crippen molar-refractivity contribution < 1.29 is 22.7 Å². The van der Waals surface area contributed by atoms with Crippen LogP contribution in [-0.2, 0) is 4.74 Å². The zero-order valence-corrected chi connectivity index (χ0v) is 15.9. The Balaban J connectivity index is 0.00000102. The van der Waals surface area contributed by atoms with Crippen LogP contribution in [0.15, 0.2) is 12.1 Å².